The summed E-state index contributed by atoms with van der Waals surface area (Å²) in [7, 11) is 3.33. The van der Waals surface area contributed by atoms with Crippen molar-refractivity contribution >= 4 is 11.9 Å². The Balaban J connectivity index is 2.74. The van der Waals surface area contributed by atoms with Crippen LogP contribution in [-0.4, -0.2) is 51.1 Å². The van der Waals surface area contributed by atoms with Crippen molar-refractivity contribution in [1.29, 1.82) is 0 Å². The molecule has 0 saturated carbocycles. The zero-order valence-electron chi connectivity index (χ0n) is 14.5. The second kappa shape index (κ2) is 8.48. The Morgan fingerprint density at radius 2 is 1.95 bits per heavy atom. The molecule has 0 aliphatic carbocycles. The number of ether oxygens (including phenoxy) is 4. The first kappa shape index (κ1) is 18.9. The van der Waals surface area contributed by atoms with Gasteiger partial charge in [0.1, 0.15) is 12.2 Å². The van der Waals surface area contributed by atoms with E-state index in [1.165, 1.54) is 6.92 Å². The summed E-state index contributed by atoms with van der Waals surface area (Å²) >= 11 is 0. The second-order valence-corrected chi connectivity index (χ2v) is 5.86. The van der Waals surface area contributed by atoms with Crippen molar-refractivity contribution in [2.75, 3.05) is 20.8 Å². The van der Waals surface area contributed by atoms with E-state index in [1.54, 1.807) is 14.2 Å². The molecule has 22 heavy (non-hydrogen) atoms. The van der Waals surface area contributed by atoms with E-state index in [1.807, 2.05) is 0 Å². The van der Waals surface area contributed by atoms with Crippen LogP contribution in [0.4, 0.5) is 0 Å². The highest BCUT2D eigenvalue weighted by Gasteiger charge is 2.38. The van der Waals surface area contributed by atoms with Crippen LogP contribution in [0.3, 0.4) is 0 Å². The van der Waals surface area contributed by atoms with Gasteiger partial charge in [-0.1, -0.05) is 20.8 Å². The molecule has 0 amide bonds. The van der Waals surface area contributed by atoms with E-state index in [2.05, 4.69) is 25.8 Å². The fraction of sp³-hybridized carbons (Fsp3) is 0.875. The lowest BCUT2D eigenvalue weighted by atomic mass is 9.84. The fourth-order valence-corrected chi connectivity index (χ4v) is 2.51. The Hall–Kier alpha value is -1.14. The van der Waals surface area contributed by atoms with Gasteiger partial charge >= 0.3 is 5.97 Å². The van der Waals surface area contributed by atoms with Gasteiger partial charge < -0.3 is 18.9 Å². The van der Waals surface area contributed by atoms with E-state index in [-0.39, 0.29) is 23.6 Å². The molecule has 0 N–H and O–H groups in total. The van der Waals surface area contributed by atoms with Crippen molar-refractivity contribution in [2.45, 2.75) is 65.5 Å². The molecule has 0 aromatic heterocycles. The molecule has 1 aliphatic heterocycles. The Morgan fingerprint density at radius 3 is 2.41 bits per heavy atom. The quantitative estimate of drug-likeness (QED) is 0.428. The molecule has 0 aromatic rings. The molecule has 1 fully saturated rings. The second-order valence-electron chi connectivity index (χ2n) is 5.86. The molecular formula is C16H29NO5. The lowest BCUT2D eigenvalue weighted by molar-refractivity contribution is -0.221. The van der Waals surface area contributed by atoms with Crippen LogP contribution >= 0.6 is 0 Å². The smallest absolute Gasteiger partial charge is 0.302 e. The molecular weight excluding hydrogens is 286 g/mol. The van der Waals surface area contributed by atoms with E-state index in [0.717, 1.165) is 12.8 Å². The van der Waals surface area contributed by atoms with Gasteiger partial charge in [0, 0.05) is 32.9 Å². The van der Waals surface area contributed by atoms with Gasteiger partial charge in [0.2, 0.25) is 6.29 Å². The van der Waals surface area contributed by atoms with Crippen LogP contribution < -0.4 is 0 Å². The predicted octanol–water partition coefficient (Wildman–Crippen LogP) is 2.55. The van der Waals surface area contributed by atoms with Crippen molar-refractivity contribution in [3.63, 3.8) is 0 Å². The van der Waals surface area contributed by atoms with Crippen LogP contribution in [0.5, 0.6) is 0 Å². The average molecular weight is 315 g/mol. The zero-order chi connectivity index (χ0) is 16.8. The molecule has 0 radical (unpaired) electrons. The van der Waals surface area contributed by atoms with Crippen molar-refractivity contribution in [1.82, 2.24) is 0 Å². The molecule has 1 heterocycles. The Bertz CT molecular complexity index is 392. The molecule has 1 rings (SSSR count). The predicted molar refractivity (Wildman–Crippen MR) is 83.8 cm³/mol. The van der Waals surface area contributed by atoms with Crippen LogP contribution in [0.25, 0.3) is 0 Å². The molecule has 128 valence electrons. The van der Waals surface area contributed by atoms with E-state index in [0.29, 0.717) is 18.9 Å². The first-order valence-corrected chi connectivity index (χ1v) is 7.85. The van der Waals surface area contributed by atoms with Gasteiger partial charge in [0.05, 0.1) is 6.61 Å². The van der Waals surface area contributed by atoms with Gasteiger partial charge in [-0.3, -0.25) is 9.79 Å². The maximum atomic E-state index is 11.1. The number of methoxy groups -OCH3 is 1. The topological polar surface area (TPSA) is 66.3 Å². The highest BCUT2D eigenvalue weighted by Crippen LogP contribution is 2.30. The normalized spacial score (nSPS) is 26.6. The number of rotatable bonds is 6. The number of carbonyl (C=O) groups is 1. The SMILES string of the molecule is CCC(C)(CC)/C(=N\C)OC1OCC(OC(C)=O)CC1OC. The highest BCUT2D eigenvalue weighted by molar-refractivity contribution is 5.82. The van der Waals surface area contributed by atoms with Gasteiger partial charge in [-0.15, -0.1) is 0 Å². The summed E-state index contributed by atoms with van der Waals surface area (Å²) in [5.41, 5.74) is -0.122. The Kier molecular flexibility index (Phi) is 7.29. The molecule has 1 aliphatic rings. The summed E-state index contributed by atoms with van der Waals surface area (Å²) in [5, 5.41) is 0. The Morgan fingerprint density at radius 1 is 1.32 bits per heavy atom. The molecule has 0 spiro atoms. The van der Waals surface area contributed by atoms with Crippen LogP contribution in [0.15, 0.2) is 4.99 Å². The number of esters is 1. The van der Waals surface area contributed by atoms with Crippen molar-refractivity contribution in [2.24, 2.45) is 10.4 Å². The first-order chi connectivity index (χ1) is 10.4. The average Bonchev–Trinajstić information content (AvgIpc) is 2.52. The van der Waals surface area contributed by atoms with Crippen LogP contribution in [0, 0.1) is 5.41 Å². The third-order valence-corrected chi connectivity index (χ3v) is 4.39. The van der Waals surface area contributed by atoms with Crippen LogP contribution in [0.2, 0.25) is 0 Å². The first-order valence-electron chi connectivity index (χ1n) is 7.85. The zero-order valence-corrected chi connectivity index (χ0v) is 14.5. The molecule has 3 unspecified atom stereocenters. The minimum absolute atomic E-state index is 0.122. The van der Waals surface area contributed by atoms with Crippen LogP contribution in [-0.2, 0) is 23.7 Å². The molecule has 3 atom stereocenters. The van der Waals surface area contributed by atoms with Crippen molar-refractivity contribution in [3.05, 3.63) is 0 Å². The summed E-state index contributed by atoms with van der Waals surface area (Å²) in [5.74, 6) is 0.360. The summed E-state index contributed by atoms with van der Waals surface area (Å²) in [6.45, 7) is 8.05. The summed E-state index contributed by atoms with van der Waals surface area (Å²) in [6, 6.07) is 0. The van der Waals surface area contributed by atoms with Gasteiger partial charge in [-0.2, -0.15) is 0 Å². The minimum atomic E-state index is -0.534. The largest absolute Gasteiger partial charge is 0.460 e. The summed E-state index contributed by atoms with van der Waals surface area (Å²) < 4.78 is 22.3. The van der Waals surface area contributed by atoms with Crippen molar-refractivity contribution < 1.29 is 23.7 Å². The summed E-state index contributed by atoms with van der Waals surface area (Å²) in [4.78, 5) is 15.4. The number of hydrogen-bond acceptors (Lipinski definition) is 6. The van der Waals surface area contributed by atoms with E-state index in [4.69, 9.17) is 18.9 Å². The lowest BCUT2D eigenvalue weighted by Gasteiger charge is -2.37. The minimum Gasteiger partial charge on any atom is -0.460 e. The van der Waals surface area contributed by atoms with E-state index in [9.17, 15) is 4.79 Å². The fourth-order valence-electron chi connectivity index (χ4n) is 2.51. The third kappa shape index (κ3) is 4.68. The maximum Gasteiger partial charge on any atom is 0.302 e. The standard InChI is InChI=1S/C16H29NO5/c1-7-16(4,8-2)15(17-5)22-14-13(19-6)9-12(10-20-14)21-11(3)18/h12-14H,7-10H2,1-6H3/b17-15+. The third-order valence-electron chi connectivity index (χ3n) is 4.39. The van der Waals surface area contributed by atoms with E-state index >= 15 is 0 Å². The molecule has 1 saturated heterocycles. The van der Waals surface area contributed by atoms with Gasteiger partial charge in [0.25, 0.3) is 0 Å². The maximum absolute atomic E-state index is 11.1. The van der Waals surface area contributed by atoms with E-state index < -0.39 is 6.29 Å². The number of hydrogen-bond donors (Lipinski definition) is 0. The molecule has 6 nitrogen and oxygen atoms in total. The van der Waals surface area contributed by atoms with Crippen molar-refractivity contribution in [3.8, 4) is 0 Å². The van der Waals surface area contributed by atoms with Gasteiger partial charge in [-0.05, 0) is 12.8 Å². The number of nitrogens with zero attached hydrogens (tertiary/aromatic N) is 1. The highest BCUT2D eigenvalue weighted by atomic mass is 16.7. The summed E-state index contributed by atoms with van der Waals surface area (Å²) in [6.07, 6.45) is 1.27. The molecule has 0 bridgehead atoms. The molecule has 0 aromatic carbocycles. The van der Waals surface area contributed by atoms with Gasteiger partial charge in [-0.25, -0.2) is 0 Å². The van der Waals surface area contributed by atoms with Crippen LogP contribution in [0.1, 0.15) is 47.0 Å². The Labute approximate surface area is 133 Å². The number of aliphatic imine (C=N–C) groups is 1. The van der Waals surface area contributed by atoms with Gasteiger partial charge in [0.15, 0.2) is 5.90 Å². The lowest BCUT2D eigenvalue weighted by Crippen LogP contribution is -2.47. The molecule has 6 heteroatoms. The monoisotopic (exact) mass is 315 g/mol. The number of carbonyl (C=O) groups excluding carboxylic acids is 1.